The first-order chi connectivity index (χ1) is 8.25. The van der Waals surface area contributed by atoms with Crippen LogP contribution in [0.3, 0.4) is 0 Å². The van der Waals surface area contributed by atoms with Gasteiger partial charge in [-0.3, -0.25) is 4.79 Å². The van der Waals surface area contributed by atoms with Gasteiger partial charge in [0.1, 0.15) is 0 Å². The average Bonchev–Trinajstić information content (AvgIpc) is 2.32. The summed E-state index contributed by atoms with van der Waals surface area (Å²) in [5.41, 5.74) is 1.30. The van der Waals surface area contributed by atoms with Crippen molar-refractivity contribution in [2.45, 2.75) is 19.3 Å². The highest BCUT2D eigenvalue weighted by atomic mass is 35.5. The molecule has 0 bridgehead atoms. The second kappa shape index (κ2) is 7.39. The molecule has 100 valence electrons. The Morgan fingerprint density at radius 3 is 2.67 bits per heavy atom. The second-order valence-corrected chi connectivity index (χ2v) is 4.80. The van der Waals surface area contributed by atoms with Crippen molar-refractivity contribution in [3.63, 3.8) is 0 Å². The molecule has 1 fully saturated rings. The van der Waals surface area contributed by atoms with E-state index in [1.54, 1.807) is 0 Å². The summed E-state index contributed by atoms with van der Waals surface area (Å²) < 4.78 is 0. The summed E-state index contributed by atoms with van der Waals surface area (Å²) in [6, 6.07) is 10.3. The Morgan fingerprint density at radius 1 is 1.28 bits per heavy atom. The average molecular weight is 270 g/mol. The van der Waals surface area contributed by atoms with Gasteiger partial charge in [-0.1, -0.05) is 30.3 Å². The lowest BCUT2D eigenvalue weighted by atomic mass is 9.80. The van der Waals surface area contributed by atoms with Crippen LogP contribution in [-0.2, 0) is 11.2 Å². The normalized spacial score (nSPS) is 23.1. The fourth-order valence-electron chi connectivity index (χ4n) is 2.63. The molecule has 2 unspecified atom stereocenters. The van der Waals surface area contributed by atoms with Crippen LogP contribution in [0.4, 0.5) is 0 Å². The Hall–Kier alpha value is -1.06. The van der Waals surface area contributed by atoms with Crippen LogP contribution in [0.2, 0.25) is 0 Å². The lowest BCUT2D eigenvalue weighted by molar-refractivity contribution is -0.138. The summed E-state index contributed by atoms with van der Waals surface area (Å²) in [5, 5.41) is 12.3. The minimum absolute atomic E-state index is 0. The van der Waals surface area contributed by atoms with Crippen molar-refractivity contribution in [3.8, 4) is 0 Å². The summed E-state index contributed by atoms with van der Waals surface area (Å²) in [6.45, 7) is 1.88. The largest absolute Gasteiger partial charge is 0.481 e. The first-order valence-corrected chi connectivity index (χ1v) is 6.22. The van der Waals surface area contributed by atoms with Crippen LogP contribution in [0.15, 0.2) is 30.3 Å². The molecule has 2 rings (SSSR count). The fourth-order valence-corrected chi connectivity index (χ4v) is 2.63. The van der Waals surface area contributed by atoms with E-state index in [1.165, 1.54) is 5.56 Å². The Labute approximate surface area is 114 Å². The van der Waals surface area contributed by atoms with Crippen molar-refractivity contribution in [2.24, 2.45) is 11.8 Å². The van der Waals surface area contributed by atoms with Crippen molar-refractivity contribution >= 4 is 18.4 Å². The number of rotatable bonds is 4. The maximum Gasteiger partial charge on any atom is 0.303 e. The number of benzene rings is 1. The van der Waals surface area contributed by atoms with E-state index < -0.39 is 5.97 Å². The van der Waals surface area contributed by atoms with E-state index in [0.29, 0.717) is 18.3 Å². The molecule has 0 saturated carbocycles. The molecular weight excluding hydrogens is 250 g/mol. The van der Waals surface area contributed by atoms with Gasteiger partial charge < -0.3 is 10.4 Å². The Morgan fingerprint density at radius 2 is 2.00 bits per heavy atom. The Balaban J connectivity index is 0.00000162. The van der Waals surface area contributed by atoms with Crippen molar-refractivity contribution in [1.29, 1.82) is 0 Å². The quantitative estimate of drug-likeness (QED) is 0.882. The van der Waals surface area contributed by atoms with Crippen LogP contribution in [0.5, 0.6) is 0 Å². The molecular formula is C14H20ClNO2. The second-order valence-electron chi connectivity index (χ2n) is 4.80. The van der Waals surface area contributed by atoms with Gasteiger partial charge in [0, 0.05) is 6.42 Å². The zero-order chi connectivity index (χ0) is 12.1. The monoisotopic (exact) mass is 269 g/mol. The number of hydrogen-bond donors (Lipinski definition) is 2. The number of carbonyl (C=O) groups is 1. The molecule has 1 heterocycles. The summed E-state index contributed by atoms with van der Waals surface area (Å²) in [4.78, 5) is 10.8. The van der Waals surface area contributed by atoms with Gasteiger partial charge in [0.05, 0.1) is 0 Å². The van der Waals surface area contributed by atoms with Crippen molar-refractivity contribution in [1.82, 2.24) is 5.32 Å². The van der Waals surface area contributed by atoms with Gasteiger partial charge in [-0.05, 0) is 43.3 Å². The van der Waals surface area contributed by atoms with Gasteiger partial charge in [-0.2, -0.15) is 0 Å². The molecule has 1 aromatic rings. The first kappa shape index (κ1) is 15.0. The molecule has 0 radical (unpaired) electrons. The zero-order valence-corrected chi connectivity index (χ0v) is 11.2. The molecule has 1 aliphatic heterocycles. The van der Waals surface area contributed by atoms with Gasteiger partial charge in [0.2, 0.25) is 0 Å². The third-order valence-electron chi connectivity index (χ3n) is 3.54. The van der Waals surface area contributed by atoms with Crippen molar-refractivity contribution < 1.29 is 9.90 Å². The number of nitrogens with one attached hydrogen (secondary N) is 1. The van der Waals surface area contributed by atoms with Gasteiger partial charge in [-0.15, -0.1) is 12.4 Å². The molecule has 0 aliphatic carbocycles. The molecule has 2 atom stereocenters. The van der Waals surface area contributed by atoms with Gasteiger partial charge >= 0.3 is 5.97 Å². The summed E-state index contributed by atoms with van der Waals surface area (Å²) >= 11 is 0. The number of hydrogen-bond acceptors (Lipinski definition) is 2. The van der Waals surface area contributed by atoms with E-state index in [-0.39, 0.29) is 12.4 Å². The smallest absolute Gasteiger partial charge is 0.303 e. The summed E-state index contributed by atoms with van der Waals surface area (Å²) in [7, 11) is 0. The molecule has 1 saturated heterocycles. The van der Waals surface area contributed by atoms with Gasteiger partial charge in [0.25, 0.3) is 0 Å². The molecule has 0 spiro atoms. The standard InChI is InChI=1S/C14H19NO2.ClH/c16-14(17)9-12-6-7-15-10-13(12)8-11-4-2-1-3-5-11;/h1-5,12-13,15H,6-10H2,(H,16,17);1H. The lowest BCUT2D eigenvalue weighted by Crippen LogP contribution is -2.38. The van der Waals surface area contributed by atoms with Crippen LogP contribution in [0.1, 0.15) is 18.4 Å². The number of piperidine rings is 1. The maximum atomic E-state index is 10.8. The third kappa shape index (κ3) is 4.31. The Kier molecular flexibility index (Phi) is 6.16. The molecule has 1 aromatic carbocycles. The van der Waals surface area contributed by atoms with E-state index in [9.17, 15) is 4.79 Å². The molecule has 4 heteroatoms. The van der Waals surface area contributed by atoms with E-state index in [1.807, 2.05) is 18.2 Å². The SMILES string of the molecule is Cl.O=C(O)CC1CCNCC1Cc1ccccc1. The minimum atomic E-state index is -0.671. The number of carboxylic acids is 1. The molecule has 0 amide bonds. The highest BCUT2D eigenvalue weighted by molar-refractivity contribution is 5.85. The van der Waals surface area contributed by atoms with Crippen LogP contribution < -0.4 is 5.32 Å². The molecule has 18 heavy (non-hydrogen) atoms. The van der Waals surface area contributed by atoms with Crippen LogP contribution >= 0.6 is 12.4 Å². The third-order valence-corrected chi connectivity index (χ3v) is 3.54. The highest BCUT2D eigenvalue weighted by Gasteiger charge is 2.26. The summed E-state index contributed by atoms with van der Waals surface area (Å²) in [6.07, 6.45) is 2.26. The van der Waals surface area contributed by atoms with Crippen LogP contribution in [0, 0.1) is 11.8 Å². The first-order valence-electron chi connectivity index (χ1n) is 6.22. The minimum Gasteiger partial charge on any atom is -0.481 e. The van der Waals surface area contributed by atoms with E-state index in [4.69, 9.17) is 5.11 Å². The maximum absolute atomic E-state index is 10.8. The Bertz CT molecular complexity index is 369. The topological polar surface area (TPSA) is 49.3 Å². The van der Waals surface area contributed by atoms with E-state index in [2.05, 4.69) is 17.4 Å². The van der Waals surface area contributed by atoms with Crippen molar-refractivity contribution in [3.05, 3.63) is 35.9 Å². The van der Waals surface area contributed by atoms with Gasteiger partial charge in [0.15, 0.2) is 0 Å². The van der Waals surface area contributed by atoms with Crippen LogP contribution in [0.25, 0.3) is 0 Å². The predicted octanol–water partition coefficient (Wildman–Crippen LogP) is 2.35. The lowest BCUT2D eigenvalue weighted by Gasteiger charge is -2.31. The molecule has 0 aromatic heterocycles. The predicted molar refractivity (Wildman–Crippen MR) is 74.1 cm³/mol. The molecule has 3 nitrogen and oxygen atoms in total. The van der Waals surface area contributed by atoms with Gasteiger partial charge in [-0.25, -0.2) is 0 Å². The number of carboxylic acid groups (broad SMARTS) is 1. The van der Waals surface area contributed by atoms with Crippen LogP contribution in [-0.4, -0.2) is 24.2 Å². The summed E-state index contributed by atoms with van der Waals surface area (Å²) in [5.74, 6) is 0.0890. The number of aliphatic carboxylic acids is 1. The van der Waals surface area contributed by atoms with E-state index in [0.717, 1.165) is 25.9 Å². The van der Waals surface area contributed by atoms with Crippen molar-refractivity contribution in [2.75, 3.05) is 13.1 Å². The molecule has 1 aliphatic rings. The molecule has 2 N–H and O–H groups in total. The zero-order valence-electron chi connectivity index (χ0n) is 10.3. The van der Waals surface area contributed by atoms with E-state index >= 15 is 0 Å². The number of halogens is 1. The highest BCUT2D eigenvalue weighted by Crippen LogP contribution is 2.26. The fraction of sp³-hybridized carbons (Fsp3) is 0.500.